The lowest BCUT2D eigenvalue weighted by Crippen LogP contribution is -2.19. The Morgan fingerprint density at radius 3 is 1.63 bits per heavy atom. The Kier molecular flexibility index (Phi) is 8.87. The summed E-state index contributed by atoms with van der Waals surface area (Å²) in [4.78, 5) is 2.00. The van der Waals surface area contributed by atoms with Crippen molar-refractivity contribution in [1.82, 2.24) is 4.90 Å². The minimum absolute atomic E-state index is 0.0955. The largest absolute Gasteiger partial charge is 0.492 e. The molecular weight excluding hydrogens is 487 g/mol. The van der Waals surface area contributed by atoms with E-state index in [1.165, 1.54) is 12.1 Å². The first-order chi connectivity index (χ1) is 18.3. The van der Waals surface area contributed by atoms with Gasteiger partial charge in [0.2, 0.25) is 0 Å². The van der Waals surface area contributed by atoms with Crippen molar-refractivity contribution in [2.24, 2.45) is 0 Å². The fraction of sp³-hybridized carbons (Fsp3) is 0.188. The zero-order valence-electron chi connectivity index (χ0n) is 21.4. The number of allylic oxidation sites excluding steroid dienone is 1. The van der Waals surface area contributed by atoms with E-state index in [9.17, 15) is 13.2 Å². The molecule has 0 bridgehead atoms. The summed E-state index contributed by atoms with van der Waals surface area (Å²) in [6.07, 6.45) is -4.58. The van der Waals surface area contributed by atoms with Gasteiger partial charge in [-0.2, -0.15) is 13.2 Å². The van der Waals surface area contributed by atoms with Gasteiger partial charge in [-0.15, -0.1) is 0 Å². The molecule has 4 aromatic carbocycles. The van der Waals surface area contributed by atoms with Crippen molar-refractivity contribution in [3.05, 3.63) is 131 Å². The molecule has 0 unspecified atom stereocenters. The number of likely N-dealkylation sites (N-methyl/N-ethyl adjacent to an activating group) is 1. The number of hydrogen-bond acceptors (Lipinski definition) is 3. The maximum Gasteiger partial charge on any atom is 0.417 e. The lowest BCUT2D eigenvalue weighted by atomic mass is 9.89. The van der Waals surface area contributed by atoms with Crippen molar-refractivity contribution >= 4 is 11.1 Å². The molecule has 4 aromatic rings. The molecular formula is C32H30F3NO2. The lowest BCUT2D eigenvalue weighted by molar-refractivity contribution is -0.0685. The maximum absolute atomic E-state index is 14.6. The number of ether oxygens (including phenoxy) is 2. The molecule has 196 valence electrons. The van der Waals surface area contributed by atoms with Gasteiger partial charge in [0.05, 0.1) is 5.57 Å². The second kappa shape index (κ2) is 12.5. The van der Waals surface area contributed by atoms with Gasteiger partial charge in [0.15, 0.2) is 0 Å². The SMILES string of the molecule is CN(C)CCOc1ccc(C(=C(c2ccccc2)C(F)(F)F)c2ccc(OCc3ccccc3)cc2)cc1. The zero-order chi connectivity index (χ0) is 27.0. The summed E-state index contributed by atoms with van der Waals surface area (Å²) < 4.78 is 55.5. The highest BCUT2D eigenvalue weighted by Crippen LogP contribution is 2.43. The van der Waals surface area contributed by atoms with Crippen LogP contribution in [0.25, 0.3) is 11.1 Å². The molecule has 3 nitrogen and oxygen atoms in total. The summed E-state index contributed by atoms with van der Waals surface area (Å²) in [6.45, 7) is 1.59. The third-order valence-corrected chi connectivity index (χ3v) is 5.94. The van der Waals surface area contributed by atoms with Crippen LogP contribution in [-0.2, 0) is 6.61 Å². The number of hydrogen-bond donors (Lipinski definition) is 0. The minimum Gasteiger partial charge on any atom is -0.492 e. The number of alkyl halides is 3. The van der Waals surface area contributed by atoms with Gasteiger partial charge in [-0.1, -0.05) is 84.9 Å². The van der Waals surface area contributed by atoms with Crippen LogP contribution in [0, 0.1) is 0 Å². The molecule has 6 heteroatoms. The summed E-state index contributed by atoms with van der Waals surface area (Å²) in [6, 6.07) is 31.1. The third-order valence-electron chi connectivity index (χ3n) is 5.94. The molecule has 0 fully saturated rings. The van der Waals surface area contributed by atoms with Crippen LogP contribution in [0.15, 0.2) is 109 Å². The molecule has 0 spiro atoms. The molecule has 4 rings (SSSR count). The van der Waals surface area contributed by atoms with Crippen LogP contribution in [0.4, 0.5) is 13.2 Å². The van der Waals surface area contributed by atoms with E-state index in [0.717, 1.165) is 12.1 Å². The summed E-state index contributed by atoms with van der Waals surface area (Å²) in [5.41, 5.74) is 1.39. The Hall–Kier alpha value is -4.03. The molecule has 0 N–H and O–H groups in total. The second-order valence-corrected chi connectivity index (χ2v) is 9.09. The van der Waals surface area contributed by atoms with Crippen molar-refractivity contribution < 1.29 is 22.6 Å². The second-order valence-electron chi connectivity index (χ2n) is 9.09. The molecule has 0 aliphatic heterocycles. The van der Waals surface area contributed by atoms with Crippen molar-refractivity contribution in [3.8, 4) is 11.5 Å². The highest BCUT2D eigenvalue weighted by Gasteiger charge is 2.38. The zero-order valence-corrected chi connectivity index (χ0v) is 21.4. The van der Waals surface area contributed by atoms with Gasteiger partial charge in [0, 0.05) is 12.1 Å². The third kappa shape index (κ3) is 7.26. The van der Waals surface area contributed by atoms with E-state index >= 15 is 0 Å². The average Bonchev–Trinajstić information content (AvgIpc) is 2.91. The molecule has 0 saturated carbocycles. The van der Waals surface area contributed by atoms with Gasteiger partial charge >= 0.3 is 6.18 Å². The predicted molar refractivity (Wildman–Crippen MR) is 146 cm³/mol. The molecule has 0 aromatic heterocycles. The van der Waals surface area contributed by atoms with E-state index in [0.29, 0.717) is 35.8 Å². The van der Waals surface area contributed by atoms with E-state index in [1.807, 2.05) is 49.3 Å². The van der Waals surface area contributed by atoms with Crippen LogP contribution in [-0.4, -0.2) is 38.3 Å². The normalized spacial score (nSPS) is 12.3. The molecule has 0 radical (unpaired) electrons. The Bertz CT molecular complexity index is 1320. The molecule has 38 heavy (non-hydrogen) atoms. The topological polar surface area (TPSA) is 21.7 Å². The molecule has 0 amide bonds. The minimum atomic E-state index is -4.58. The summed E-state index contributed by atoms with van der Waals surface area (Å²) in [5, 5.41) is 0. The predicted octanol–water partition coefficient (Wildman–Crippen LogP) is 7.73. The standard InChI is InChI=1S/C32H30F3NO2/c1-36(2)21-22-37-28-17-13-25(14-18-28)30(31(32(33,34)35)27-11-7-4-8-12-27)26-15-19-29(20-16-26)38-23-24-9-5-3-6-10-24/h3-20H,21-23H2,1-2H3. The Morgan fingerprint density at radius 1 is 0.632 bits per heavy atom. The summed E-state index contributed by atoms with van der Waals surface area (Å²) in [5.74, 6) is 1.18. The van der Waals surface area contributed by atoms with Crippen LogP contribution < -0.4 is 9.47 Å². The van der Waals surface area contributed by atoms with Gasteiger partial charge in [0.1, 0.15) is 24.7 Å². The van der Waals surface area contributed by atoms with Gasteiger partial charge < -0.3 is 14.4 Å². The van der Waals surface area contributed by atoms with Gasteiger partial charge in [-0.05, 0) is 60.6 Å². The summed E-state index contributed by atoms with van der Waals surface area (Å²) in [7, 11) is 3.90. The van der Waals surface area contributed by atoms with E-state index in [4.69, 9.17) is 9.47 Å². The van der Waals surface area contributed by atoms with Crippen LogP contribution in [0.2, 0.25) is 0 Å². The molecule has 0 aliphatic carbocycles. The lowest BCUT2D eigenvalue weighted by Gasteiger charge is -2.20. The van der Waals surface area contributed by atoms with Gasteiger partial charge in [-0.3, -0.25) is 0 Å². The van der Waals surface area contributed by atoms with Crippen molar-refractivity contribution in [2.75, 3.05) is 27.2 Å². The maximum atomic E-state index is 14.6. The van der Waals surface area contributed by atoms with Gasteiger partial charge in [-0.25, -0.2) is 0 Å². The first-order valence-corrected chi connectivity index (χ1v) is 12.3. The van der Waals surface area contributed by atoms with E-state index in [-0.39, 0.29) is 11.1 Å². The molecule has 0 saturated heterocycles. The highest BCUT2D eigenvalue weighted by atomic mass is 19.4. The number of halogens is 3. The van der Waals surface area contributed by atoms with Crippen LogP contribution >= 0.6 is 0 Å². The fourth-order valence-electron chi connectivity index (χ4n) is 4.03. The first kappa shape index (κ1) is 27.0. The van der Waals surface area contributed by atoms with Crippen molar-refractivity contribution in [2.45, 2.75) is 12.8 Å². The quantitative estimate of drug-likeness (QED) is 0.201. The molecule has 0 aliphatic rings. The Labute approximate surface area is 221 Å². The number of rotatable bonds is 10. The van der Waals surface area contributed by atoms with Crippen LogP contribution in [0.1, 0.15) is 22.3 Å². The van der Waals surface area contributed by atoms with Crippen LogP contribution in [0.3, 0.4) is 0 Å². The summed E-state index contributed by atoms with van der Waals surface area (Å²) >= 11 is 0. The molecule has 0 heterocycles. The first-order valence-electron chi connectivity index (χ1n) is 12.3. The van der Waals surface area contributed by atoms with E-state index in [1.54, 1.807) is 66.7 Å². The van der Waals surface area contributed by atoms with Crippen molar-refractivity contribution in [1.29, 1.82) is 0 Å². The highest BCUT2D eigenvalue weighted by molar-refractivity contribution is 6.00. The van der Waals surface area contributed by atoms with E-state index < -0.39 is 11.7 Å². The Morgan fingerprint density at radius 2 is 1.13 bits per heavy atom. The monoisotopic (exact) mass is 517 g/mol. The van der Waals surface area contributed by atoms with E-state index in [2.05, 4.69) is 0 Å². The fourth-order valence-corrected chi connectivity index (χ4v) is 4.03. The smallest absolute Gasteiger partial charge is 0.417 e. The average molecular weight is 518 g/mol. The number of nitrogens with zero attached hydrogens (tertiary/aromatic N) is 1. The van der Waals surface area contributed by atoms with Crippen molar-refractivity contribution in [3.63, 3.8) is 0 Å². The van der Waals surface area contributed by atoms with Crippen LogP contribution in [0.5, 0.6) is 11.5 Å². The Balaban J connectivity index is 1.71. The molecule has 0 atom stereocenters. The van der Waals surface area contributed by atoms with Gasteiger partial charge in [0.25, 0.3) is 0 Å². The number of benzene rings is 4.